The molecule has 0 saturated heterocycles. The lowest BCUT2D eigenvalue weighted by molar-refractivity contribution is -0.136. The first-order valence-electron chi connectivity index (χ1n) is 2.11. The monoisotopic (exact) mass is 132 g/mol. The van der Waals surface area contributed by atoms with E-state index in [1.807, 2.05) is 0 Å². The van der Waals surface area contributed by atoms with Crippen molar-refractivity contribution in [1.82, 2.24) is 0 Å². The van der Waals surface area contributed by atoms with Crippen molar-refractivity contribution in [3.63, 3.8) is 0 Å². The van der Waals surface area contributed by atoms with Gasteiger partial charge in [0.05, 0.1) is 7.11 Å². The van der Waals surface area contributed by atoms with Crippen LogP contribution in [0.4, 0.5) is 0 Å². The second-order valence-corrected chi connectivity index (χ2v) is 1.56. The van der Waals surface area contributed by atoms with E-state index in [-0.39, 0.29) is 5.97 Å². The van der Waals surface area contributed by atoms with Crippen LogP contribution in [0.1, 0.15) is 6.92 Å². The van der Waals surface area contributed by atoms with Gasteiger partial charge in [-0.2, -0.15) is 12.6 Å². The van der Waals surface area contributed by atoms with Crippen LogP contribution in [0.2, 0.25) is 0 Å². The molecule has 0 N–H and O–H groups in total. The van der Waals surface area contributed by atoms with Crippen LogP contribution in [0, 0.1) is 0 Å². The van der Waals surface area contributed by atoms with Crippen LogP contribution in [0.15, 0.2) is 11.0 Å². The van der Waals surface area contributed by atoms with Gasteiger partial charge >= 0.3 is 5.97 Å². The summed E-state index contributed by atoms with van der Waals surface area (Å²) in [5, 5.41) is 1.41. The summed E-state index contributed by atoms with van der Waals surface area (Å²) >= 11 is 3.75. The van der Waals surface area contributed by atoms with E-state index in [1.165, 1.54) is 12.5 Å². The Morgan fingerprint density at radius 2 is 2.25 bits per heavy atom. The van der Waals surface area contributed by atoms with E-state index in [0.717, 1.165) is 0 Å². The molecular weight excluding hydrogens is 124 g/mol. The van der Waals surface area contributed by atoms with Gasteiger partial charge in [0.15, 0.2) is 0 Å². The number of rotatable bonds is 1. The fourth-order valence-electron chi connectivity index (χ4n) is 0.214. The molecule has 0 spiro atoms. The number of methoxy groups -OCH3 is 1. The van der Waals surface area contributed by atoms with Gasteiger partial charge in [-0.05, 0) is 12.3 Å². The van der Waals surface area contributed by atoms with Crippen molar-refractivity contribution in [2.24, 2.45) is 0 Å². The molecule has 0 heterocycles. The summed E-state index contributed by atoms with van der Waals surface area (Å²) in [7, 11) is 1.34. The summed E-state index contributed by atoms with van der Waals surface area (Å²) in [5.74, 6) is -0.333. The zero-order valence-corrected chi connectivity index (χ0v) is 5.74. The van der Waals surface area contributed by atoms with Gasteiger partial charge in [0, 0.05) is 5.57 Å². The zero-order valence-electron chi connectivity index (χ0n) is 4.84. The number of hydrogen-bond acceptors (Lipinski definition) is 3. The minimum Gasteiger partial charge on any atom is -0.466 e. The number of carbonyl (C=O) groups is 1. The third-order valence-electron chi connectivity index (χ3n) is 0.701. The van der Waals surface area contributed by atoms with E-state index in [9.17, 15) is 4.79 Å². The molecule has 0 aromatic carbocycles. The summed E-state index contributed by atoms with van der Waals surface area (Å²) in [6.07, 6.45) is 0. The van der Waals surface area contributed by atoms with Crippen molar-refractivity contribution in [3.05, 3.63) is 11.0 Å². The third-order valence-corrected chi connectivity index (χ3v) is 1.09. The quantitative estimate of drug-likeness (QED) is 0.327. The molecule has 0 unspecified atom stereocenters. The molecule has 0 saturated carbocycles. The topological polar surface area (TPSA) is 26.3 Å². The smallest absolute Gasteiger partial charge is 0.333 e. The Morgan fingerprint density at radius 3 is 2.38 bits per heavy atom. The molecule has 46 valence electrons. The number of ether oxygens (including phenoxy) is 1. The van der Waals surface area contributed by atoms with Gasteiger partial charge in [-0.3, -0.25) is 0 Å². The van der Waals surface area contributed by atoms with Gasteiger partial charge in [-0.1, -0.05) is 0 Å². The van der Waals surface area contributed by atoms with Gasteiger partial charge in [-0.25, -0.2) is 4.79 Å². The van der Waals surface area contributed by atoms with Crippen molar-refractivity contribution >= 4 is 18.6 Å². The normalized spacial score (nSPS) is 11.1. The summed E-state index contributed by atoms with van der Waals surface area (Å²) in [4.78, 5) is 10.4. The molecule has 0 aromatic heterocycles. The molecule has 0 radical (unpaired) electrons. The maximum Gasteiger partial charge on any atom is 0.333 e. The second-order valence-electron chi connectivity index (χ2n) is 1.30. The Hall–Kier alpha value is -0.440. The minimum atomic E-state index is -0.333. The van der Waals surface area contributed by atoms with E-state index in [2.05, 4.69) is 17.4 Å². The number of hydrogen-bond donors (Lipinski definition) is 1. The first-order valence-corrected chi connectivity index (χ1v) is 2.63. The highest BCUT2D eigenvalue weighted by atomic mass is 32.1. The van der Waals surface area contributed by atoms with Crippen LogP contribution in [0.5, 0.6) is 0 Å². The molecule has 3 heteroatoms. The minimum absolute atomic E-state index is 0.333. The fourth-order valence-corrected chi connectivity index (χ4v) is 0.319. The lowest BCUT2D eigenvalue weighted by atomic mass is 10.4. The van der Waals surface area contributed by atoms with Crippen molar-refractivity contribution in [1.29, 1.82) is 0 Å². The number of esters is 1. The van der Waals surface area contributed by atoms with Gasteiger partial charge in [0.25, 0.3) is 0 Å². The second kappa shape index (κ2) is 3.55. The first-order chi connectivity index (χ1) is 3.72. The first kappa shape index (κ1) is 7.56. The van der Waals surface area contributed by atoms with Gasteiger partial charge in [-0.15, -0.1) is 0 Å². The number of carbonyl (C=O) groups excluding carboxylic acids is 1. The van der Waals surface area contributed by atoms with E-state index < -0.39 is 0 Å². The number of thiol groups is 1. The average Bonchev–Trinajstić information content (AvgIpc) is 1.84. The summed E-state index contributed by atoms with van der Waals surface area (Å²) in [5.41, 5.74) is 0.510. The van der Waals surface area contributed by atoms with Crippen molar-refractivity contribution in [2.45, 2.75) is 6.92 Å². The molecule has 0 fully saturated rings. The molecule has 0 aliphatic carbocycles. The highest BCUT2D eigenvalue weighted by Crippen LogP contribution is 1.95. The zero-order chi connectivity index (χ0) is 6.57. The Balaban J connectivity index is 3.83. The van der Waals surface area contributed by atoms with Crippen molar-refractivity contribution in [3.8, 4) is 0 Å². The van der Waals surface area contributed by atoms with Crippen molar-refractivity contribution < 1.29 is 9.53 Å². The van der Waals surface area contributed by atoms with Crippen LogP contribution in [-0.2, 0) is 9.53 Å². The SMILES string of the molecule is COC(=O)/C(C)=C/S. The van der Waals surface area contributed by atoms with E-state index in [4.69, 9.17) is 0 Å². The molecule has 0 amide bonds. The van der Waals surface area contributed by atoms with E-state index >= 15 is 0 Å². The molecule has 0 aromatic rings. The van der Waals surface area contributed by atoms with Crippen LogP contribution in [0.25, 0.3) is 0 Å². The highest BCUT2D eigenvalue weighted by Gasteiger charge is 1.98. The van der Waals surface area contributed by atoms with Gasteiger partial charge < -0.3 is 4.74 Å². The lowest BCUT2D eigenvalue weighted by Gasteiger charge is -1.93. The lowest BCUT2D eigenvalue weighted by Crippen LogP contribution is -1.99. The molecule has 0 aliphatic rings. The standard InChI is InChI=1S/C5H8O2S/c1-4(3-8)5(6)7-2/h3,8H,1-2H3/b4-3+. The Labute approximate surface area is 53.9 Å². The largest absolute Gasteiger partial charge is 0.466 e. The van der Waals surface area contributed by atoms with Crippen LogP contribution >= 0.6 is 12.6 Å². The highest BCUT2D eigenvalue weighted by molar-refractivity contribution is 7.83. The maximum absolute atomic E-state index is 10.4. The summed E-state index contributed by atoms with van der Waals surface area (Å²) < 4.78 is 4.35. The van der Waals surface area contributed by atoms with E-state index in [1.54, 1.807) is 6.92 Å². The van der Waals surface area contributed by atoms with Crippen molar-refractivity contribution in [2.75, 3.05) is 7.11 Å². The maximum atomic E-state index is 10.4. The predicted octanol–water partition coefficient (Wildman–Crippen LogP) is 0.993. The van der Waals surface area contributed by atoms with Crippen LogP contribution < -0.4 is 0 Å². The van der Waals surface area contributed by atoms with Crippen LogP contribution in [0.3, 0.4) is 0 Å². The molecule has 0 bridgehead atoms. The Kier molecular flexibility index (Phi) is 3.35. The average molecular weight is 132 g/mol. The molecule has 2 nitrogen and oxygen atoms in total. The molecule has 0 aliphatic heterocycles. The summed E-state index contributed by atoms with van der Waals surface area (Å²) in [6.45, 7) is 1.64. The summed E-state index contributed by atoms with van der Waals surface area (Å²) in [6, 6.07) is 0. The van der Waals surface area contributed by atoms with Crippen LogP contribution in [-0.4, -0.2) is 13.1 Å². The van der Waals surface area contributed by atoms with Gasteiger partial charge in [0.2, 0.25) is 0 Å². The molecule has 0 rings (SSSR count). The predicted molar refractivity (Wildman–Crippen MR) is 34.8 cm³/mol. The van der Waals surface area contributed by atoms with Gasteiger partial charge in [0.1, 0.15) is 0 Å². The Morgan fingerprint density at radius 1 is 1.75 bits per heavy atom. The third kappa shape index (κ3) is 2.02. The fraction of sp³-hybridized carbons (Fsp3) is 0.400. The Bertz CT molecular complexity index is 118. The molecule has 0 atom stereocenters. The molecular formula is C5H8O2S. The molecule has 8 heavy (non-hydrogen) atoms. The van der Waals surface area contributed by atoms with E-state index in [0.29, 0.717) is 5.57 Å².